The second kappa shape index (κ2) is 18.9. The van der Waals surface area contributed by atoms with E-state index >= 15 is 0 Å². The Morgan fingerprint density at radius 3 is 1.43 bits per heavy atom. The first-order valence-corrected chi connectivity index (χ1v) is 20.7. The zero-order valence-electron chi connectivity index (χ0n) is 35.3. The topological polar surface area (TPSA) is 62.7 Å². The number of benzene rings is 7. The summed E-state index contributed by atoms with van der Waals surface area (Å²) in [5.74, 6) is 1.89. The molecule has 7 aromatic carbocycles. The summed E-state index contributed by atoms with van der Waals surface area (Å²) in [4.78, 5) is 15.3. The summed E-state index contributed by atoms with van der Waals surface area (Å²) in [6, 6.07) is 51.7. The van der Waals surface area contributed by atoms with Crippen molar-refractivity contribution in [1.29, 1.82) is 0 Å². The lowest BCUT2D eigenvalue weighted by Crippen LogP contribution is -2.29. The highest BCUT2D eigenvalue weighted by atomic mass is 32.1. The highest BCUT2D eigenvalue weighted by Crippen LogP contribution is 2.38. The molecule has 0 aliphatic carbocycles. The summed E-state index contributed by atoms with van der Waals surface area (Å²) in [6.07, 6.45) is 5.88. The summed E-state index contributed by atoms with van der Waals surface area (Å²) in [7, 11) is 0. The average Bonchev–Trinajstić information content (AvgIpc) is 3.32. The number of rotatable bonds is 9. The van der Waals surface area contributed by atoms with Gasteiger partial charge in [0.2, 0.25) is 0 Å². The van der Waals surface area contributed by atoms with Crippen LogP contribution in [0.25, 0.3) is 96.2 Å². The van der Waals surface area contributed by atoms with Gasteiger partial charge in [-0.2, -0.15) is 13.5 Å². The van der Waals surface area contributed by atoms with Crippen LogP contribution in [0.1, 0.15) is 41.7 Å². The van der Waals surface area contributed by atoms with Crippen molar-refractivity contribution in [2.24, 2.45) is 0 Å². The van der Waals surface area contributed by atoms with Gasteiger partial charge in [-0.3, -0.25) is 0 Å². The third-order valence-corrected chi connectivity index (χ3v) is 10.9. The molecule has 5 nitrogen and oxygen atoms in total. The van der Waals surface area contributed by atoms with E-state index in [1.54, 1.807) is 0 Å². The van der Waals surface area contributed by atoms with Gasteiger partial charge < -0.3 is 10.6 Å². The van der Waals surface area contributed by atoms with E-state index in [1.165, 1.54) is 16.5 Å². The molecule has 1 aliphatic heterocycles. The lowest BCUT2D eigenvalue weighted by Gasteiger charge is -2.17. The quantitative estimate of drug-likeness (QED) is 0.152. The second-order valence-electron chi connectivity index (χ2n) is 14.8. The fraction of sp³-hybridized carbons (Fsp3) is 0.109. The van der Waals surface area contributed by atoms with Crippen molar-refractivity contribution >= 4 is 42.1 Å². The van der Waals surface area contributed by atoms with Crippen LogP contribution in [0.4, 0.5) is 0 Å². The Kier molecular flexibility index (Phi) is 13.1. The molecule has 0 unspecified atom stereocenters. The first-order chi connectivity index (χ1) is 29.4. The minimum absolute atomic E-state index is 0. The predicted molar refractivity (Wildman–Crippen MR) is 265 cm³/mol. The van der Waals surface area contributed by atoms with Crippen LogP contribution in [-0.4, -0.2) is 28.0 Å². The number of aryl methyl sites for hydroxylation is 2. The van der Waals surface area contributed by atoms with Crippen LogP contribution >= 0.6 is 13.5 Å². The normalized spacial score (nSPS) is 11.8. The summed E-state index contributed by atoms with van der Waals surface area (Å²) < 4.78 is 0. The Morgan fingerprint density at radius 2 is 0.934 bits per heavy atom. The van der Waals surface area contributed by atoms with E-state index in [0.717, 1.165) is 90.9 Å². The number of nitrogens with one attached hydrogen (secondary N) is 2. The zero-order valence-corrected chi connectivity index (χ0v) is 36.3. The maximum absolute atomic E-state index is 5.14. The molecule has 2 N–H and O–H groups in total. The summed E-state index contributed by atoms with van der Waals surface area (Å²) in [5, 5.41) is 9.20. The summed E-state index contributed by atoms with van der Waals surface area (Å²) >= 11 is 0. The van der Waals surface area contributed by atoms with Gasteiger partial charge in [0, 0.05) is 36.0 Å². The molecule has 0 radical (unpaired) electrons. The number of nitrogens with zero attached hydrogens (tertiary/aromatic N) is 3. The lowest BCUT2D eigenvalue weighted by atomic mass is 9.90. The van der Waals surface area contributed by atoms with E-state index in [-0.39, 0.29) is 13.5 Å². The van der Waals surface area contributed by atoms with E-state index in [9.17, 15) is 0 Å². The third kappa shape index (κ3) is 8.96. The van der Waals surface area contributed by atoms with E-state index in [1.807, 2.05) is 32.2 Å². The summed E-state index contributed by atoms with van der Waals surface area (Å²) in [5.41, 5.74) is 16.2. The molecule has 2 heterocycles. The maximum atomic E-state index is 5.14. The zero-order chi connectivity index (χ0) is 41.6. The summed E-state index contributed by atoms with van der Waals surface area (Å²) in [6.45, 7) is 18.2. The third-order valence-electron chi connectivity index (χ3n) is 10.9. The van der Waals surface area contributed by atoms with Gasteiger partial charge in [-0.15, -0.1) is 0 Å². The molecule has 8 aromatic rings. The van der Waals surface area contributed by atoms with Gasteiger partial charge >= 0.3 is 0 Å². The van der Waals surface area contributed by atoms with Gasteiger partial charge in [-0.05, 0) is 99.0 Å². The van der Waals surface area contributed by atoms with Crippen molar-refractivity contribution in [3.8, 4) is 67.5 Å². The fourth-order valence-electron chi connectivity index (χ4n) is 7.68. The van der Waals surface area contributed by atoms with Crippen LogP contribution in [-0.2, 0) is 0 Å². The Balaban J connectivity index is 0.00000184. The molecular weight excluding hydrogens is 763 g/mol. The minimum Gasteiger partial charge on any atom is -0.387 e. The van der Waals surface area contributed by atoms with Crippen molar-refractivity contribution in [3.05, 3.63) is 193 Å². The maximum Gasteiger partial charge on any atom is 0.164 e. The molecule has 0 bridgehead atoms. The van der Waals surface area contributed by atoms with Crippen LogP contribution in [0.5, 0.6) is 0 Å². The predicted octanol–water partition coefficient (Wildman–Crippen LogP) is 13.6. The average molecular weight is 814 g/mol. The van der Waals surface area contributed by atoms with E-state index in [2.05, 4.69) is 183 Å². The molecule has 0 amide bonds. The van der Waals surface area contributed by atoms with Crippen LogP contribution < -0.4 is 10.6 Å². The van der Waals surface area contributed by atoms with Crippen molar-refractivity contribution < 1.29 is 0 Å². The number of hydrogen-bond acceptors (Lipinski definition) is 5. The van der Waals surface area contributed by atoms with Gasteiger partial charge in [-0.25, -0.2) is 15.0 Å². The van der Waals surface area contributed by atoms with Gasteiger partial charge in [0.1, 0.15) is 0 Å². The van der Waals surface area contributed by atoms with E-state index in [4.69, 9.17) is 15.0 Å². The highest BCUT2D eigenvalue weighted by Gasteiger charge is 2.17. The highest BCUT2D eigenvalue weighted by molar-refractivity contribution is 7.59. The fourth-order valence-corrected chi connectivity index (χ4v) is 7.68. The molecule has 9 rings (SSSR count). The first kappa shape index (κ1) is 42.1. The minimum atomic E-state index is 0. The molecule has 1 aliphatic rings. The Bertz CT molecular complexity index is 2790. The van der Waals surface area contributed by atoms with Crippen molar-refractivity contribution in [2.75, 3.05) is 13.1 Å². The molecule has 61 heavy (non-hydrogen) atoms. The standard InChI is InChI=1S/C53H43N5.C2H6.H2S/c1-5-36-32-49(48-10-8-7-9-47(48)46(36)6-2)39-23-19-37(20-24-39)43-29-44(38-21-25-40(26-22-38)50-33-54-27-28-55-50)31-45(30-43)53-57-51(41-15-11-34(3)12-16-41)56-52(58-53)42-17-13-35(4)14-18-42;1-2;/h5-26,29-33,54-55H,1-2,27-28H2,3-4H3;1-2H3;1H2. The molecule has 0 fully saturated rings. The Labute approximate surface area is 367 Å². The van der Waals surface area contributed by atoms with Crippen molar-refractivity contribution in [1.82, 2.24) is 25.6 Å². The molecule has 302 valence electrons. The second-order valence-corrected chi connectivity index (χ2v) is 14.8. The molecule has 0 spiro atoms. The van der Waals surface area contributed by atoms with Gasteiger partial charge in [0.15, 0.2) is 17.5 Å². The van der Waals surface area contributed by atoms with Crippen LogP contribution in [0.15, 0.2) is 165 Å². The van der Waals surface area contributed by atoms with Gasteiger partial charge in [-0.1, -0.05) is 172 Å². The van der Waals surface area contributed by atoms with Gasteiger partial charge in [0.05, 0.1) is 5.70 Å². The number of hydrogen-bond donors (Lipinski definition) is 2. The molecular formula is C55H51N5S. The molecule has 6 heteroatoms. The van der Waals surface area contributed by atoms with Gasteiger partial charge in [0.25, 0.3) is 0 Å². The largest absolute Gasteiger partial charge is 0.387 e. The molecule has 0 saturated heterocycles. The molecule has 1 aromatic heterocycles. The number of fused-ring (bicyclic) bond motifs is 1. The van der Waals surface area contributed by atoms with E-state index < -0.39 is 0 Å². The molecule has 0 atom stereocenters. The Morgan fingerprint density at radius 1 is 0.475 bits per heavy atom. The monoisotopic (exact) mass is 813 g/mol. The van der Waals surface area contributed by atoms with Crippen molar-refractivity contribution in [3.63, 3.8) is 0 Å². The van der Waals surface area contributed by atoms with E-state index in [0.29, 0.717) is 17.5 Å². The number of aromatic nitrogens is 3. The molecule has 0 saturated carbocycles. The Hall–Kier alpha value is -7.02. The lowest BCUT2D eigenvalue weighted by molar-refractivity contribution is 0.739. The van der Waals surface area contributed by atoms with Crippen LogP contribution in [0.3, 0.4) is 0 Å². The van der Waals surface area contributed by atoms with Crippen LogP contribution in [0, 0.1) is 13.8 Å². The van der Waals surface area contributed by atoms with Crippen LogP contribution in [0.2, 0.25) is 0 Å². The first-order valence-electron chi connectivity index (χ1n) is 20.7. The SMILES string of the molecule is C=Cc1cc(-c2ccc(-c3cc(-c4ccc(C5=CNCCN5)cc4)cc(-c4nc(-c5ccc(C)cc5)nc(-c5ccc(C)cc5)n4)c3)cc2)c2ccccc2c1C=C.CC.S. The smallest absolute Gasteiger partial charge is 0.164 e. The van der Waals surface area contributed by atoms with Crippen molar-refractivity contribution in [2.45, 2.75) is 27.7 Å².